The molecule has 2 heterocycles. The summed E-state index contributed by atoms with van der Waals surface area (Å²) in [6.45, 7) is 0.267. The van der Waals surface area contributed by atoms with Crippen LogP contribution in [0.4, 0.5) is 19.0 Å². The molecule has 0 aliphatic heterocycles. The lowest BCUT2D eigenvalue weighted by Crippen LogP contribution is -2.25. The van der Waals surface area contributed by atoms with Gasteiger partial charge in [-0.2, -0.15) is 13.2 Å². The van der Waals surface area contributed by atoms with E-state index in [1.807, 2.05) is 29.6 Å². The van der Waals surface area contributed by atoms with E-state index >= 15 is 0 Å². The molecule has 0 radical (unpaired) electrons. The van der Waals surface area contributed by atoms with Gasteiger partial charge in [0.15, 0.2) is 5.82 Å². The Bertz CT molecular complexity index is 1650. The van der Waals surface area contributed by atoms with Crippen molar-refractivity contribution in [2.75, 3.05) is 5.32 Å². The molecule has 0 spiro atoms. The molecule has 0 saturated heterocycles. The van der Waals surface area contributed by atoms with Crippen molar-refractivity contribution in [3.8, 4) is 22.4 Å². The van der Waals surface area contributed by atoms with E-state index < -0.39 is 23.6 Å². The van der Waals surface area contributed by atoms with Crippen molar-refractivity contribution < 1.29 is 22.8 Å². The highest BCUT2D eigenvalue weighted by Gasteiger charge is 2.30. The van der Waals surface area contributed by atoms with Crippen LogP contribution in [0.2, 0.25) is 0 Å². The molecule has 3 aromatic carbocycles. The molecule has 2 amide bonds. The molecule has 0 fully saturated rings. The molecular formula is C28H21F3N6O2S. The summed E-state index contributed by atoms with van der Waals surface area (Å²) >= 11 is 1.27. The number of halogens is 3. The van der Waals surface area contributed by atoms with Crippen LogP contribution in [0.1, 0.15) is 32.1 Å². The fourth-order valence-corrected chi connectivity index (χ4v) is 4.50. The van der Waals surface area contributed by atoms with Crippen LogP contribution in [0.25, 0.3) is 22.4 Å². The minimum Gasteiger partial charge on any atom is -0.345 e. The number of alkyl halides is 3. The van der Waals surface area contributed by atoms with Crippen LogP contribution in [0.3, 0.4) is 0 Å². The van der Waals surface area contributed by atoms with Gasteiger partial charge >= 0.3 is 6.18 Å². The Morgan fingerprint density at radius 1 is 0.925 bits per heavy atom. The normalized spacial score (nSPS) is 11.3. The summed E-state index contributed by atoms with van der Waals surface area (Å²) in [5.74, 6) is -0.700. The molecule has 0 unspecified atom stereocenters. The molecule has 0 atom stereocenters. The molecule has 8 nitrogen and oxygen atoms in total. The molecule has 0 aliphatic rings. The zero-order valence-corrected chi connectivity index (χ0v) is 21.8. The van der Waals surface area contributed by atoms with Crippen LogP contribution < -0.4 is 10.6 Å². The fraction of sp³-hybridized carbons (Fsp3) is 0.107. The smallest absolute Gasteiger partial charge is 0.345 e. The molecule has 12 heteroatoms. The number of aryl methyl sites for hydroxylation is 1. The Hall–Kier alpha value is -4.84. The number of amides is 2. The van der Waals surface area contributed by atoms with Crippen molar-refractivity contribution in [2.24, 2.45) is 7.05 Å². The van der Waals surface area contributed by atoms with Crippen molar-refractivity contribution in [2.45, 2.75) is 12.7 Å². The first-order chi connectivity index (χ1) is 19.2. The number of carbonyl (C=O) groups excluding carboxylic acids is 2. The van der Waals surface area contributed by atoms with Crippen LogP contribution in [0.15, 0.2) is 84.4 Å². The number of nitrogens with zero attached hydrogens (tertiary/aromatic N) is 4. The standard InChI is InChI=1S/C28H21F3N6O2S/c1-37-15-24(33-25(37)27(39)32-14-17-6-8-19(9-7-17)23-16-40-36-35-23)34-26(38)22-5-3-2-4-21(22)18-10-12-20(13-11-18)28(29,30)31/h2-13,15-16H,14H2,1H3,(H,32,39)(H,34,38). The Morgan fingerprint density at radius 3 is 2.30 bits per heavy atom. The SMILES string of the molecule is Cn1cc(NC(=O)c2ccccc2-c2ccc(C(F)(F)F)cc2)nc1C(=O)NCc1ccc(-c2csnn2)cc1. The first-order valence-corrected chi connectivity index (χ1v) is 12.8. The summed E-state index contributed by atoms with van der Waals surface area (Å²) in [6.07, 6.45) is -2.95. The van der Waals surface area contributed by atoms with Gasteiger partial charge in [0.25, 0.3) is 11.8 Å². The van der Waals surface area contributed by atoms with E-state index in [9.17, 15) is 22.8 Å². The number of nitrogens with one attached hydrogen (secondary N) is 2. The maximum Gasteiger partial charge on any atom is 0.416 e. The zero-order chi connectivity index (χ0) is 28.3. The summed E-state index contributed by atoms with van der Waals surface area (Å²) in [6, 6.07) is 18.7. The van der Waals surface area contributed by atoms with Crippen molar-refractivity contribution in [1.82, 2.24) is 24.5 Å². The van der Waals surface area contributed by atoms with Crippen molar-refractivity contribution in [1.29, 1.82) is 0 Å². The Kier molecular flexibility index (Phi) is 7.43. The van der Waals surface area contributed by atoms with E-state index in [0.717, 1.165) is 29.0 Å². The maximum absolute atomic E-state index is 13.1. The molecule has 0 bridgehead atoms. The van der Waals surface area contributed by atoms with E-state index in [1.54, 1.807) is 31.3 Å². The molecule has 2 aromatic heterocycles. The summed E-state index contributed by atoms with van der Waals surface area (Å²) in [7, 11) is 1.63. The van der Waals surface area contributed by atoms with Gasteiger partial charge in [0, 0.05) is 36.3 Å². The number of anilines is 1. The van der Waals surface area contributed by atoms with E-state index in [2.05, 4.69) is 25.2 Å². The molecule has 2 N–H and O–H groups in total. The van der Waals surface area contributed by atoms with Gasteiger partial charge in [-0.3, -0.25) is 9.59 Å². The second-order valence-corrected chi connectivity index (χ2v) is 9.42. The number of hydrogen-bond donors (Lipinski definition) is 2. The largest absolute Gasteiger partial charge is 0.416 e. The molecule has 0 saturated carbocycles. The van der Waals surface area contributed by atoms with Gasteiger partial charge in [0.1, 0.15) is 5.69 Å². The minimum atomic E-state index is -4.46. The predicted octanol–water partition coefficient (Wildman–Crippen LogP) is 5.81. The summed E-state index contributed by atoms with van der Waals surface area (Å²) in [4.78, 5) is 30.2. The van der Waals surface area contributed by atoms with Crippen molar-refractivity contribution in [3.05, 3.63) is 107 Å². The monoisotopic (exact) mass is 562 g/mol. The van der Waals surface area contributed by atoms with Crippen LogP contribution in [-0.2, 0) is 19.8 Å². The van der Waals surface area contributed by atoms with Crippen molar-refractivity contribution >= 4 is 29.2 Å². The third-order valence-electron chi connectivity index (χ3n) is 6.08. The summed E-state index contributed by atoms with van der Waals surface area (Å²) in [5.41, 5.74) is 2.97. The first kappa shape index (κ1) is 26.8. The highest BCUT2D eigenvalue weighted by molar-refractivity contribution is 7.03. The van der Waals surface area contributed by atoms with Crippen LogP contribution in [0, 0.1) is 0 Å². The zero-order valence-electron chi connectivity index (χ0n) is 20.9. The Labute approximate surface area is 230 Å². The average molecular weight is 563 g/mol. The second-order valence-electron chi connectivity index (χ2n) is 8.81. The van der Waals surface area contributed by atoms with Crippen LogP contribution in [-0.4, -0.2) is 31.0 Å². The number of rotatable bonds is 7. The number of hydrogen-bond acceptors (Lipinski definition) is 6. The summed E-state index contributed by atoms with van der Waals surface area (Å²) < 4.78 is 44.2. The van der Waals surface area contributed by atoms with Gasteiger partial charge in [-0.25, -0.2) is 4.98 Å². The lowest BCUT2D eigenvalue weighted by molar-refractivity contribution is -0.137. The van der Waals surface area contributed by atoms with E-state index in [4.69, 9.17) is 0 Å². The van der Waals surface area contributed by atoms with Gasteiger partial charge in [-0.15, -0.1) is 5.10 Å². The molecule has 202 valence electrons. The highest BCUT2D eigenvalue weighted by atomic mass is 32.1. The van der Waals surface area contributed by atoms with E-state index in [-0.39, 0.29) is 23.8 Å². The topological polar surface area (TPSA) is 102 Å². The minimum absolute atomic E-state index is 0.0940. The highest BCUT2D eigenvalue weighted by Crippen LogP contribution is 2.32. The Morgan fingerprint density at radius 2 is 1.62 bits per heavy atom. The third kappa shape index (κ3) is 5.91. The van der Waals surface area contributed by atoms with Crippen molar-refractivity contribution in [3.63, 3.8) is 0 Å². The number of aromatic nitrogens is 4. The summed E-state index contributed by atoms with van der Waals surface area (Å²) in [5, 5.41) is 11.4. The maximum atomic E-state index is 13.1. The molecule has 5 rings (SSSR count). The fourth-order valence-electron chi connectivity index (χ4n) is 4.04. The first-order valence-electron chi connectivity index (χ1n) is 11.9. The van der Waals surface area contributed by atoms with E-state index in [1.165, 1.54) is 34.4 Å². The predicted molar refractivity (Wildman–Crippen MR) is 145 cm³/mol. The quantitative estimate of drug-likeness (QED) is 0.261. The molecule has 0 aliphatic carbocycles. The van der Waals surface area contributed by atoms with Gasteiger partial charge in [0.05, 0.1) is 5.56 Å². The van der Waals surface area contributed by atoms with Gasteiger partial charge in [0.2, 0.25) is 5.82 Å². The average Bonchev–Trinajstić information content (AvgIpc) is 3.62. The van der Waals surface area contributed by atoms with Gasteiger partial charge < -0.3 is 15.2 Å². The van der Waals surface area contributed by atoms with Crippen LogP contribution in [0.5, 0.6) is 0 Å². The molecule has 5 aromatic rings. The number of carbonyl (C=O) groups is 2. The number of imidazole rings is 1. The lowest BCUT2D eigenvalue weighted by Gasteiger charge is -2.11. The third-order valence-corrected chi connectivity index (χ3v) is 6.58. The number of benzene rings is 3. The molecule has 40 heavy (non-hydrogen) atoms. The van der Waals surface area contributed by atoms with Gasteiger partial charge in [-0.1, -0.05) is 59.1 Å². The lowest BCUT2D eigenvalue weighted by atomic mass is 9.98. The Balaban J connectivity index is 1.25. The van der Waals surface area contributed by atoms with Gasteiger partial charge in [-0.05, 0) is 46.4 Å². The molecular weight excluding hydrogens is 541 g/mol. The second kappa shape index (κ2) is 11.1. The van der Waals surface area contributed by atoms with E-state index in [0.29, 0.717) is 11.1 Å². The van der Waals surface area contributed by atoms with Crippen LogP contribution >= 0.6 is 11.5 Å².